The van der Waals surface area contributed by atoms with Crippen LogP contribution in [0.4, 0.5) is 0 Å². The molecule has 0 bridgehead atoms. The second kappa shape index (κ2) is 6.06. The van der Waals surface area contributed by atoms with E-state index in [9.17, 15) is 9.59 Å². The number of benzene rings is 1. The molecule has 5 heteroatoms. The summed E-state index contributed by atoms with van der Waals surface area (Å²) in [5.41, 5.74) is 1.50. The maximum atomic E-state index is 12.4. The van der Waals surface area contributed by atoms with Gasteiger partial charge in [-0.25, -0.2) is 0 Å². The van der Waals surface area contributed by atoms with Gasteiger partial charge in [0.1, 0.15) is 6.04 Å². The molecule has 0 saturated carbocycles. The van der Waals surface area contributed by atoms with E-state index in [0.29, 0.717) is 18.0 Å². The average Bonchev–Trinajstić information content (AvgIpc) is 2.95. The molecule has 19 heavy (non-hydrogen) atoms. The first-order valence-corrected chi connectivity index (χ1v) is 6.88. The Bertz CT molecular complexity index is 490. The van der Waals surface area contributed by atoms with Gasteiger partial charge in [0, 0.05) is 25.0 Å². The first kappa shape index (κ1) is 13.9. The Balaban J connectivity index is 2.20. The molecule has 1 fully saturated rings. The van der Waals surface area contributed by atoms with Gasteiger partial charge in [-0.1, -0.05) is 12.1 Å². The number of carbonyl (C=O) groups is 2. The molecular formula is C14H17ClN2O2. The molecule has 1 unspecified atom stereocenters. The van der Waals surface area contributed by atoms with E-state index < -0.39 is 0 Å². The molecule has 1 atom stereocenters. The lowest BCUT2D eigenvalue weighted by Crippen LogP contribution is -2.44. The Morgan fingerprint density at radius 3 is 2.95 bits per heavy atom. The van der Waals surface area contributed by atoms with Gasteiger partial charge in [-0.3, -0.25) is 9.59 Å². The maximum absolute atomic E-state index is 12.4. The lowest BCUT2D eigenvalue weighted by Gasteiger charge is -2.23. The molecule has 1 saturated heterocycles. The van der Waals surface area contributed by atoms with Crippen LogP contribution in [-0.4, -0.2) is 36.3 Å². The monoisotopic (exact) mass is 280 g/mol. The number of hydrogen-bond acceptors (Lipinski definition) is 2. The Kier molecular flexibility index (Phi) is 4.43. The predicted molar refractivity (Wildman–Crippen MR) is 74.1 cm³/mol. The molecule has 1 aliphatic heterocycles. The predicted octanol–water partition coefficient (Wildman–Crippen LogP) is 1.78. The van der Waals surface area contributed by atoms with Crippen LogP contribution in [0.15, 0.2) is 24.3 Å². The zero-order chi connectivity index (χ0) is 13.8. The summed E-state index contributed by atoms with van der Waals surface area (Å²) < 4.78 is 0. The minimum absolute atomic E-state index is 0.0978. The van der Waals surface area contributed by atoms with Crippen molar-refractivity contribution in [2.45, 2.75) is 24.8 Å². The smallest absolute Gasteiger partial charge is 0.254 e. The fourth-order valence-electron chi connectivity index (χ4n) is 2.40. The van der Waals surface area contributed by atoms with E-state index in [1.807, 2.05) is 12.1 Å². The summed E-state index contributed by atoms with van der Waals surface area (Å²) in [4.78, 5) is 25.9. The minimum atomic E-state index is -0.350. The van der Waals surface area contributed by atoms with Crippen molar-refractivity contribution in [3.63, 3.8) is 0 Å². The minimum Gasteiger partial charge on any atom is -0.357 e. The van der Waals surface area contributed by atoms with Crippen LogP contribution in [-0.2, 0) is 10.7 Å². The molecule has 1 aromatic rings. The van der Waals surface area contributed by atoms with E-state index in [2.05, 4.69) is 5.32 Å². The van der Waals surface area contributed by atoms with Crippen LogP contribution >= 0.6 is 11.6 Å². The third kappa shape index (κ3) is 2.89. The lowest BCUT2D eigenvalue weighted by molar-refractivity contribution is -0.124. The standard InChI is InChI=1S/C14H17ClN2O2/c1-16-13(18)12-6-3-7-17(12)14(19)11-5-2-4-10(8-11)9-15/h2,4-5,8,12H,3,6-7,9H2,1H3,(H,16,18). The molecule has 1 N–H and O–H groups in total. The van der Waals surface area contributed by atoms with Crippen molar-refractivity contribution in [1.29, 1.82) is 0 Å². The number of halogens is 1. The van der Waals surface area contributed by atoms with Crippen molar-refractivity contribution in [2.75, 3.05) is 13.6 Å². The van der Waals surface area contributed by atoms with Crippen LogP contribution in [0.2, 0.25) is 0 Å². The number of rotatable bonds is 3. The van der Waals surface area contributed by atoms with Crippen molar-refractivity contribution in [3.05, 3.63) is 35.4 Å². The van der Waals surface area contributed by atoms with Gasteiger partial charge in [0.2, 0.25) is 5.91 Å². The Morgan fingerprint density at radius 1 is 1.47 bits per heavy atom. The summed E-state index contributed by atoms with van der Waals surface area (Å²) in [6.07, 6.45) is 1.58. The van der Waals surface area contributed by atoms with Crippen molar-refractivity contribution < 1.29 is 9.59 Å². The van der Waals surface area contributed by atoms with Crippen LogP contribution in [0, 0.1) is 0 Å². The van der Waals surface area contributed by atoms with Gasteiger partial charge in [0.15, 0.2) is 0 Å². The van der Waals surface area contributed by atoms with Gasteiger partial charge in [-0.2, -0.15) is 0 Å². The summed E-state index contributed by atoms with van der Waals surface area (Å²) in [6.45, 7) is 0.627. The van der Waals surface area contributed by atoms with E-state index >= 15 is 0 Å². The number of hydrogen-bond donors (Lipinski definition) is 1. The topological polar surface area (TPSA) is 49.4 Å². The van der Waals surface area contributed by atoms with Gasteiger partial charge < -0.3 is 10.2 Å². The highest BCUT2D eigenvalue weighted by Gasteiger charge is 2.33. The highest BCUT2D eigenvalue weighted by Crippen LogP contribution is 2.21. The molecule has 4 nitrogen and oxygen atoms in total. The second-order valence-corrected chi connectivity index (χ2v) is 4.87. The number of alkyl halides is 1. The van der Waals surface area contributed by atoms with E-state index in [-0.39, 0.29) is 17.9 Å². The highest BCUT2D eigenvalue weighted by atomic mass is 35.5. The van der Waals surface area contributed by atoms with E-state index in [4.69, 9.17) is 11.6 Å². The van der Waals surface area contributed by atoms with Crippen molar-refractivity contribution in [2.24, 2.45) is 0 Å². The molecule has 102 valence electrons. The zero-order valence-corrected chi connectivity index (χ0v) is 11.6. The molecule has 2 rings (SSSR count). The van der Waals surface area contributed by atoms with Crippen molar-refractivity contribution in [1.82, 2.24) is 10.2 Å². The van der Waals surface area contributed by atoms with E-state index in [0.717, 1.165) is 18.4 Å². The van der Waals surface area contributed by atoms with Crippen LogP contribution in [0.5, 0.6) is 0 Å². The summed E-state index contributed by atoms with van der Waals surface area (Å²) in [5, 5.41) is 2.61. The van der Waals surface area contributed by atoms with Gasteiger partial charge in [0.25, 0.3) is 5.91 Å². The van der Waals surface area contributed by atoms with E-state index in [1.54, 1.807) is 24.1 Å². The highest BCUT2D eigenvalue weighted by molar-refractivity contribution is 6.17. The number of likely N-dealkylation sites (N-methyl/N-ethyl adjacent to an activating group) is 1. The molecule has 1 aromatic carbocycles. The van der Waals surface area contributed by atoms with Gasteiger partial charge >= 0.3 is 0 Å². The molecule has 1 heterocycles. The Labute approximate surface area is 117 Å². The summed E-state index contributed by atoms with van der Waals surface area (Å²) in [6, 6.07) is 6.89. The van der Waals surface area contributed by atoms with Crippen molar-refractivity contribution >= 4 is 23.4 Å². The lowest BCUT2D eigenvalue weighted by atomic mass is 10.1. The number of likely N-dealkylation sites (tertiary alicyclic amines) is 1. The quantitative estimate of drug-likeness (QED) is 0.858. The fourth-order valence-corrected chi connectivity index (χ4v) is 2.57. The first-order chi connectivity index (χ1) is 9.17. The fraction of sp³-hybridized carbons (Fsp3) is 0.429. The van der Waals surface area contributed by atoms with Gasteiger partial charge in [-0.15, -0.1) is 11.6 Å². The number of carbonyl (C=O) groups excluding carboxylic acids is 2. The number of nitrogens with zero attached hydrogens (tertiary/aromatic N) is 1. The Morgan fingerprint density at radius 2 is 2.26 bits per heavy atom. The molecule has 0 radical (unpaired) electrons. The van der Waals surface area contributed by atoms with Crippen LogP contribution < -0.4 is 5.32 Å². The molecular weight excluding hydrogens is 264 g/mol. The van der Waals surface area contributed by atoms with Crippen LogP contribution in [0.25, 0.3) is 0 Å². The second-order valence-electron chi connectivity index (χ2n) is 4.60. The normalized spacial score (nSPS) is 18.4. The van der Waals surface area contributed by atoms with E-state index in [1.165, 1.54) is 0 Å². The number of amides is 2. The van der Waals surface area contributed by atoms with Crippen LogP contribution in [0.1, 0.15) is 28.8 Å². The van der Waals surface area contributed by atoms with Gasteiger partial charge in [-0.05, 0) is 30.5 Å². The average molecular weight is 281 g/mol. The number of nitrogens with one attached hydrogen (secondary N) is 1. The molecule has 0 aromatic heterocycles. The molecule has 1 aliphatic rings. The molecule has 0 spiro atoms. The van der Waals surface area contributed by atoms with Crippen molar-refractivity contribution in [3.8, 4) is 0 Å². The van der Waals surface area contributed by atoms with Gasteiger partial charge in [0.05, 0.1) is 0 Å². The molecule has 0 aliphatic carbocycles. The summed E-state index contributed by atoms with van der Waals surface area (Å²) in [7, 11) is 1.59. The first-order valence-electron chi connectivity index (χ1n) is 6.35. The maximum Gasteiger partial charge on any atom is 0.254 e. The largest absolute Gasteiger partial charge is 0.357 e. The summed E-state index contributed by atoms with van der Waals surface area (Å²) in [5.74, 6) is 0.178. The zero-order valence-electron chi connectivity index (χ0n) is 10.9. The SMILES string of the molecule is CNC(=O)C1CCCN1C(=O)c1cccc(CCl)c1. The third-order valence-electron chi connectivity index (χ3n) is 3.39. The summed E-state index contributed by atoms with van der Waals surface area (Å²) >= 11 is 5.78. The third-order valence-corrected chi connectivity index (χ3v) is 3.70. The van der Waals surface area contributed by atoms with Crippen LogP contribution in [0.3, 0.4) is 0 Å². The molecule has 2 amide bonds. The Hall–Kier alpha value is -1.55.